The molecular formula is C33H62O4. The molecule has 218 valence electrons. The standard InChI is InChI=1S/C22H42O2.C11H20O2/c1-3-4-5-6-7-8-9-10-11-12-13-14-15-16-17-18-19-20-21(2)22(23)24;1-3-5-6-7-8-9-10-13-11(12)4-2/h20H,3-19H2,1-2H3,(H,23,24);4H,2-3,5-10H2,1H3. The molecule has 1 N–H and O–H groups in total. The van der Waals surface area contributed by atoms with Crippen LogP contribution in [0.3, 0.4) is 0 Å². The van der Waals surface area contributed by atoms with E-state index in [2.05, 4.69) is 20.4 Å². The van der Waals surface area contributed by atoms with E-state index < -0.39 is 5.97 Å². The fourth-order valence-electron chi connectivity index (χ4n) is 4.21. The van der Waals surface area contributed by atoms with Crippen LogP contribution in [0.2, 0.25) is 0 Å². The van der Waals surface area contributed by atoms with Gasteiger partial charge in [0.1, 0.15) is 0 Å². The summed E-state index contributed by atoms with van der Waals surface area (Å²) in [5.41, 5.74) is 0.482. The monoisotopic (exact) mass is 522 g/mol. The molecule has 0 spiro atoms. The SMILES string of the molecule is C=CC(=O)OCCCCCCCC.CCCCCCCCCCCCCCCCCCC=C(C)C(=O)O. The minimum absolute atomic E-state index is 0.312. The van der Waals surface area contributed by atoms with Gasteiger partial charge in [-0.1, -0.05) is 155 Å². The van der Waals surface area contributed by atoms with E-state index in [4.69, 9.17) is 9.84 Å². The van der Waals surface area contributed by atoms with Gasteiger partial charge in [0.2, 0.25) is 0 Å². The van der Waals surface area contributed by atoms with Gasteiger partial charge in [0.15, 0.2) is 0 Å². The lowest BCUT2D eigenvalue weighted by Gasteiger charge is -2.03. The number of hydrogen-bond acceptors (Lipinski definition) is 3. The Balaban J connectivity index is 0. The van der Waals surface area contributed by atoms with Crippen LogP contribution < -0.4 is 0 Å². The largest absolute Gasteiger partial charge is 0.478 e. The molecular weight excluding hydrogens is 460 g/mol. The second-order valence-electron chi connectivity index (χ2n) is 10.4. The van der Waals surface area contributed by atoms with Gasteiger partial charge in [-0.2, -0.15) is 0 Å². The van der Waals surface area contributed by atoms with Crippen LogP contribution >= 0.6 is 0 Å². The van der Waals surface area contributed by atoms with E-state index in [1.165, 1.54) is 128 Å². The summed E-state index contributed by atoms with van der Waals surface area (Å²) in [4.78, 5) is 21.2. The maximum atomic E-state index is 10.6. The summed E-state index contributed by atoms with van der Waals surface area (Å²) in [5.74, 6) is -1.10. The summed E-state index contributed by atoms with van der Waals surface area (Å²) < 4.78 is 4.84. The van der Waals surface area contributed by atoms with Crippen LogP contribution in [0.4, 0.5) is 0 Å². The Morgan fingerprint density at radius 1 is 0.622 bits per heavy atom. The van der Waals surface area contributed by atoms with E-state index in [-0.39, 0.29) is 5.97 Å². The lowest BCUT2D eigenvalue weighted by atomic mass is 10.0. The molecule has 0 bridgehead atoms. The first-order valence-corrected chi connectivity index (χ1v) is 15.7. The summed E-state index contributed by atoms with van der Waals surface area (Å²) in [7, 11) is 0. The molecule has 0 aromatic heterocycles. The molecule has 4 nitrogen and oxygen atoms in total. The zero-order valence-electron chi connectivity index (χ0n) is 25.0. The summed E-state index contributed by atoms with van der Waals surface area (Å²) in [6.07, 6.45) is 33.3. The molecule has 0 fully saturated rings. The van der Waals surface area contributed by atoms with Gasteiger partial charge in [-0.25, -0.2) is 9.59 Å². The first kappa shape index (κ1) is 37.6. The molecule has 0 aliphatic rings. The van der Waals surface area contributed by atoms with E-state index in [1.54, 1.807) is 6.92 Å². The number of rotatable bonds is 26. The van der Waals surface area contributed by atoms with Gasteiger partial charge in [0, 0.05) is 11.6 Å². The Bertz CT molecular complexity index is 538. The van der Waals surface area contributed by atoms with Gasteiger partial charge < -0.3 is 9.84 Å². The van der Waals surface area contributed by atoms with Gasteiger partial charge in [-0.3, -0.25) is 0 Å². The molecule has 0 amide bonds. The Hall–Kier alpha value is -1.58. The number of unbranched alkanes of at least 4 members (excludes halogenated alkanes) is 21. The smallest absolute Gasteiger partial charge is 0.330 e. The van der Waals surface area contributed by atoms with E-state index in [0.29, 0.717) is 12.2 Å². The van der Waals surface area contributed by atoms with E-state index in [9.17, 15) is 9.59 Å². The molecule has 0 unspecified atom stereocenters. The first-order chi connectivity index (χ1) is 18.0. The van der Waals surface area contributed by atoms with Crippen LogP contribution in [-0.4, -0.2) is 23.7 Å². The molecule has 0 aliphatic heterocycles. The summed E-state index contributed by atoms with van der Waals surface area (Å²) in [5, 5.41) is 8.75. The molecule has 0 rings (SSSR count). The van der Waals surface area contributed by atoms with Crippen molar-refractivity contribution in [3.05, 3.63) is 24.3 Å². The van der Waals surface area contributed by atoms with E-state index in [0.717, 1.165) is 25.7 Å². The van der Waals surface area contributed by atoms with Crippen molar-refractivity contribution in [2.45, 2.75) is 168 Å². The Kier molecular flexibility index (Phi) is 33.0. The van der Waals surface area contributed by atoms with Crippen molar-refractivity contribution < 1.29 is 19.4 Å². The van der Waals surface area contributed by atoms with Gasteiger partial charge in [-0.15, -0.1) is 0 Å². The van der Waals surface area contributed by atoms with Gasteiger partial charge in [0.05, 0.1) is 6.61 Å². The average molecular weight is 523 g/mol. The molecule has 0 saturated carbocycles. The van der Waals surface area contributed by atoms with Gasteiger partial charge in [0.25, 0.3) is 0 Å². The minimum Gasteiger partial charge on any atom is -0.478 e. The molecule has 4 heteroatoms. The lowest BCUT2D eigenvalue weighted by molar-refractivity contribution is -0.138. The number of aliphatic carboxylic acids is 1. The van der Waals surface area contributed by atoms with E-state index >= 15 is 0 Å². The first-order valence-electron chi connectivity index (χ1n) is 15.7. The maximum Gasteiger partial charge on any atom is 0.330 e. The van der Waals surface area contributed by atoms with Crippen LogP contribution in [-0.2, 0) is 14.3 Å². The van der Waals surface area contributed by atoms with Crippen molar-refractivity contribution in [1.29, 1.82) is 0 Å². The molecule has 0 atom stereocenters. The fourth-order valence-corrected chi connectivity index (χ4v) is 4.21. The third kappa shape index (κ3) is 34.4. The topological polar surface area (TPSA) is 63.6 Å². The zero-order chi connectivity index (χ0) is 27.8. The number of carboxylic acids is 1. The molecule has 0 saturated heterocycles. The normalized spacial score (nSPS) is 11.1. The highest BCUT2D eigenvalue weighted by molar-refractivity contribution is 5.85. The molecule has 0 aliphatic carbocycles. The summed E-state index contributed by atoms with van der Waals surface area (Å²) >= 11 is 0. The summed E-state index contributed by atoms with van der Waals surface area (Å²) in [6, 6.07) is 0. The number of ether oxygens (including phenoxy) is 1. The van der Waals surface area contributed by atoms with Gasteiger partial charge in [-0.05, 0) is 26.2 Å². The minimum atomic E-state index is -0.786. The van der Waals surface area contributed by atoms with Crippen molar-refractivity contribution in [2.75, 3.05) is 6.61 Å². The molecule has 0 radical (unpaired) electrons. The Labute approximate surface area is 230 Å². The molecule has 0 aromatic carbocycles. The van der Waals surface area contributed by atoms with Crippen LogP contribution in [0.25, 0.3) is 0 Å². The number of hydrogen-bond donors (Lipinski definition) is 1. The van der Waals surface area contributed by atoms with Crippen molar-refractivity contribution >= 4 is 11.9 Å². The van der Waals surface area contributed by atoms with Crippen LogP contribution in [0, 0.1) is 0 Å². The Morgan fingerprint density at radius 2 is 0.973 bits per heavy atom. The quantitative estimate of drug-likeness (QED) is 0.0697. The number of carbonyl (C=O) groups is 2. The molecule has 37 heavy (non-hydrogen) atoms. The third-order valence-corrected chi connectivity index (χ3v) is 6.75. The van der Waals surface area contributed by atoms with Crippen molar-refractivity contribution in [3.63, 3.8) is 0 Å². The predicted molar refractivity (Wildman–Crippen MR) is 160 cm³/mol. The average Bonchev–Trinajstić information content (AvgIpc) is 2.89. The van der Waals surface area contributed by atoms with Crippen molar-refractivity contribution in [2.24, 2.45) is 0 Å². The molecule has 0 aromatic rings. The number of carbonyl (C=O) groups excluding carboxylic acids is 1. The second kappa shape index (κ2) is 32.4. The third-order valence-electron chi connectivity index (χ3n) is 6.75. The van der Waals surface area contributed by atoms with Crippen LogP contribution in [0.1, 0.15) is 168 Å². The summed E-state index contributed by atoms with van der Waals surface area (Å²) in [6.45, 7) is 10.0. The number of esters is 1. The number of allylic oxidation sites excluding steroid dienone is 1. The maximum absolute atomic E-state index is 10.6. The zero-order valence-corrected chi connectivity index (χ0v) is 25.0. The van der Waals surface area contributed by atoms with Crippen molar-refractivity contribution in [1.82, 2.24) is 0 Å². The number of carboxylic acid groups (broad SMARTS) is 1. The highest BCUT2D eigenvalue weighted by Gasteiger charge is 1.98. The van der Waals surface area contributed by atoms with Crippen molar-refractivity contribution in [3.8, 4) is 0 Å². The molecule has 0 heterocycles. The Morgan fingerprint density at radius 3 is 1.32 bits per heavy atom. The fraction of sp³-hybridized carbons (Fsp3) is 0.818. The van der Waals surface area contributed by atoms with Gasteiger partial charge >= 0.3 is 11.9 Å². The van der Waals surface area contributed by atoms with E-state index in [1.807, 2.05) is 6.08 Å². The van der Waals surface area contributed by atoms with Crippen LogP contribution in [0.5, 0.6) is 0 Å². The lowest BCUT2D eigenvalue weighted by Crippen LogP contribution is -2.01. The predicted octanol–water partition coefficient (Wildman–Crippen LogP) is 10.7. The second-order valence-corrected chi connectivity index (χ2v) is 10.4. The highest BCUT2D eigenvalue weighted by Crippen LogP contribution is 2.14. The van der Waals surface area contributed by atoms with Crippen LogP contribution in [0.15, 0.2) is 24.3 Å². The highest BCUT2D eigenvalue weighted by atomic mass is 16.5.